The van der Waals surface area contributed by atoms with Crippen molar-refractivity contribution in [2.75, 3.05) is 11.9 Å². The first-order valence-electron chi connectivity index (χ1n) is 6.45. The van der Waals surface area contributed by atoms with Crippen molar-refractivity contribution < 1.29 is 4.42 Å². The van der Waals surface area contributed by atoms with Crippen molar-refractivity contribution in [3.05, 3.63) is 34.7 Å². The minimum Gasteiger partial charge on any atom is -0.389 e. The van der Waals surface area contributed by atoms with E-state index in [1.54, 1.807) is 12.1 Å². The molecule has 0 saturated heterocycles. The van der Waals surface area contributed by atoms with Gasteiger partial charge in [0, 0.05) is 6.54 Å². The van der Waals surface area contributed by atoms with Gasteiger partial charge in [-0.1, -0.05) is 38.3 Å². The Morgan fingerprint density at radius 2 is 2.06 bits per heavy atom. The van der Waals surface area contributed by atoms with Gasteiger partial charge in [0.2, 0.25) is 0 Å². The van der Waals surface area contributed by atoms with Gasteiger partial charge in [-0.05, 0) is 18.6 Å². The van der Waals surface area contributed by atoms with Gasteiger partial charge in [0.15, 0.2) is 0 Å². The van der Waals surface area contributed by atoms with E-state index in [1.807, 2.05) is 12.1 Å². The van der Waals surface area contributed by atoms with Crippen molar-refractivity contribution in [1.82, 2.24) is 4.98 Å². The minimum absolute atomic E-state index is 0.315. The standard InChI is InChI=1S/C14H18N2O2/c1-2-3-4-7-10-15-14-16-12-9-6-5-8-11(12)13(17)18-14/h5-6,8-9H,2-4,7,10H2,1H3,(H,15,16). The number of benzene rings is 1. The molecule has 18 heavy (non-hydrogen) atoms. The Hall–Kier alpha value is -1.84. The summed E-state index contributed by atoms with van der Waals surface area (Å²) in [6.45, 7) is 2.96. The normalized spacial score (nSPS) is 10.7. The molecule has 0 saturated carbocycles. The van der Waals surface area contributed by atoms with Crippen LogP contribution in [0.25, 0.3) is 10.9 Å². The van der Waals surface area contributed by atoms with Crippen molar-refractivity contribution in [2.24, 2.45) is 0 Å². The molecular weight excluding hydrogens is 228 g/mol. The van der Waals surface area contributed by atoms with E-state index in [0.717, 1.165) is 13.0 Å². The first-order chi connectivity index (χ1) is 8.81. The topological polar surface area (TPSA) is 55.1 Å². The summed E-state index contributed by atoms with van der Waals surface area (Å²) >= 11 is 0. The van der Waals surface area contributed by atoms with Crippen molar-refractivity contribution in [2.45, 2.75) is 32.6 Å². The zero-order valence-electron chi connectivity index (χ0n) is 10.6. The lowest BCUT2D eigenvalue weighted by Gasteiger charge is -2.04. The molecule has 0 unspecified atom stereocenters. The molecule has 4 heteroatoms. The van der Waals surface area contributed by atoms with E-state index in [4.69, 9.17) is 4.42 Å². The van der Waals surface area contributed by atoms with E-state index >= 15 is 0 Å². The Morgan fingerprint density at radius 3 is 2.89 bits per heavy atom. The smallest absolute Gasteiger partial charge is 0.348 e. The summed E-state index contributed by atoms with van der Waals surface area (Å²) in [6, 6.07) is 7.52. The third-order valence-corrected chi connectivity index (χ3v) is 2.84. The highest BCUT2D eigenvalue weighted by atomic mass is 16.4. The highest BCUT2D eigenvalue weighted by Crippen LogP contribution is 2.10. The summed E-state index contributed by atoms with van der Waals surface area (Å²) in [7, 11) is 0. The Bertz CT molecular complexity index is 563. The number of fused-ring (bicyclic) bond motifs is 1. The highest BCUT2D eigenvalue weighted by Gasteiger charge is 2.04. The van der Waals surface area contributed by atoms with Crippen molar-refractivity contribution in [1.29, 1.82) is 0 Å². The quantitative estimate of drug-likeness (QED) is 0.795. The lowest BCUT2D eigenvalue weighted by Crippen LogP contribution is -2.08. The maximum atomic E-state index is 11.7. The van der Waals surface area contributed by atoms with Crippen LogP contribution in [0.3, 0.4) is 0 Å². The molecule has 2 rings (SSSR count). The van der Waals surface area contributed by atoms with Gasteiger partial charge in [0.1, 0.15) is 0 Å². The fourth-order valence-electron chi connectivity index (χ4n) is 1.84. The fraction of sp³-hybridized carbons (Fsp3) is 0.429. The third kappa shape index (κ3) is 3.09. The number of hydrogen-bond acceptors (Lipinski definition) is 4. The first-order valence-corrected chi connectivity index (χ1v) is 6.45. The van der Waals surface area contributed by atoms with E-state index in [9.17, 15) is 4.79 Å². The van der Waals surface area contributed by atoms with Crippen LogP contribution in [-0.2, 0) is 0 Å². The monoisotopic (exact) mass is 246 g/mol. The fourth-order valence-corrected chi connectivity index (χ4v) is 1.84. The molecule has 1 heterocycles. The lowest BCUT2D eigenvalue weighted by atomic mass is 10.2. The molecule has 0 spiro atoms. The molecule has 1 aromatic carbocycles. The Morgan fingerprint density at radius 1 is 1.22 bits per heavy atom. The van der Waals surface area contributed by atoms with Crippen LogP contribution in [0.4, 0.5) is 6.01 Å². The Balaban J connectivity index is 2.03. The number of aromatic nitrogens is 1. The van der Waals surface area contributed by atoms with E-state index in [1.165, 1.54) is 19.3 Å². The summed E-state index contributed by atoms with van der Waals surface area (Å²) < 4.78 is 5.12. The molecule has 0 fully saturated rings. The number of rotatable bonds is 6. The molecular formula is C14H18N2O2. The summed E-state index contributed by atoms with van der Waals surface area (Å²) in [5.74, 6) is 0. The zero-order chi connectivity index (χ0) is 12.8. The van der Waals surface area contributed by atoms with Crippen molar-refractivity contribution in [3.8, 4) is 0 Å². The number of nitrogens with zero attached hydrogens (tertiary/aromatic N) is 1. The number of anilines is 1. The molecule has 4 nitrogen and oxygen atoms in total. The van der Waals surface area contributed by atoms with E-state index in [-0.39, 0.29) is 5.63 Å². The zero-order valence-corrected chi connectivity index (χ0v) is 10.6. The van der Waals surface area contributed by atoms with Gasteiger partial charge in [-0.15, -0.1) is 0 Å². The molecule has 96 valence electrons. The summed E-state index contributed by atoms with van der Waals surface area (Å²) in [5.41, 5.74) is 0.335. The summed E-state index contributed by atoms with van der Waals surface area (Å²) in [5, 5.41) is 3.58. The number of hydrogen-bond donors (Lipinski definition) is 1. The SMILES string of the molecule is CCCCCCNc1nc2ccccc2c(=O)o1. The summed E-state index contributed by atoms with van der Waals surface area (Å²) in [4.78, 5) is 16.0. The van der Waals surface area contributed by atoms with Crippen LogP contribution in [0.2, 0.25) is 0 Å². The second kappa shape index (κ2) is 6.19. The molecule has 0 aliphatic carbocycles. The molecule has 0 radical (unpaired) electrons. The van der Waals surface area contributed by atoms with E-state index < -0.39 is 0 Å². The van der Waals surface area contributed by atoms with Crippen LogP contribution in [0.5, 0.6) is 0 Å². The molecule has 0 bridgehead atoms. The predicted molar refractivity (Wildman–Crippen MR) is 72.9 cm³/mol. The molecule has 2 aromatic rings. The molecule has 0 aliphatic rings. The summed E-state index contributed by atoms with van der Waals surface area (Å²) in [6.07, 6.45) is 4.69. The van der Waals surface area contributed by atoms with Gasteiger partial charge >= 0.3 is 5.63 Å². The molecule has 0 aliphatic heterocycles. The number of unbranched alkanes of at least 4 members (excludes halogenated alkanes) is 3. The third-order valence-electron chi connectivity index (χ3n) is 2.84. The van der Waals surface area contributed by atoms with Gasteiger partial charge in [-0.2, -0.15) is 4.98 Å². The van der Waals surface area contributed by atoms with Crippen molar-refractivity contribution >= 4 is 16.9 Å². The molecule has 0 amide bonds. The number of para-hydroxylation sites is 1. The number of nitrogens with one attached hydrogen (secondary N) is 1. The maximum Gasteiger partial charge on any atom is 0.348 e. The van der Waals surface area contributed by atoms with Gasteiger partial charge < -0.3 is 9.73 Å². The second-order valence-corrected chi connectivity index (χ2v) is 4.31. The average Bonchev–Trinajstić information content (AvgIpc) is 2.39. The van der Waals surface area contributed by atoms with Gasteiger partial charge in [-0.3, -0.25) is 0 Å². The van der Waals surface area contributed by atoms with E-state index in [0.29, 0.717) is 16.9 Å². The molecule has 1 N–H and O–H groups in total. The Kier molecular flexibility index (Phi) is 4.34. The van der Waals surface area contributed by atoms with Gasteiger partial charge in [0.25, 0.3) is 6.01 Å². The minimum atomic E-state index is -0.336. The average molecular weight is 246 g/mol. The van der Waals surface area contributed by atoms with E-state index in [2.05, 4.69) is 17.2 Å². The lowest BCUT2D eigenvalue weighted by molar-refractivity contribution is 0.514. The van der Waals surface area contributed by atoms with Crippen molar-refractivity contribution in [3.63, 3.8) is 0 Å². The second-order valence-electron chi connectivity index (χ2n) is 4.31. The van der Waals surface area contributed by atoms with Crippen LogP contribution >= 0.6 is 0 Å². The van der Waals surface area contributed by atoms with Crippen LogP contribution in [0.1, 0.15) is 32.6 Å². The van der Waals surface area contributed by atoms with Gasteiger partial charge in [0.05, 0.1) is 10.9 Å². The van der Waals surface area contributed by atoms with Crippen LogP contribution in [0, 0.1) is 0 Å². The predicted octanol–water partition coefficient (Wildman–Crippen LogP) is 3.18. The first kappa shape index (κ1) is 12.6. The van der Waals surface area contributed by atoms with Crippen LogP contribution in [-0.4, -0.2) is 11.5 Å². The molecule has 1 aromatic heterocycles. The van der Waals surface area contributed by atoms with Crippen LogP contribution in [0.15, 0.2) is 33.5 Å². The largest absolute Gasteiger partial charge is 0.389 e. The molecule has 0 atom stereocenters. The highest BCUT2D eigenvalue weighted by molar-refractivity contribution is 5.77. The van der Waals surface area contributed by atoms with Crippen LogP contribution < -0.4 is 10.9 Å². The maximum absolute atomic E-state index is 11.7. The van der Waals surface area contributed by atoms with Gasteiger partial charge in [-0.25, -0.2) is 4.79 Å². The Labute approximate surface area is 106 Å².